The Kier molecular flexibility index (Phi) is 6.65. The molecule has 0 N–H and O–H groups in total. The molecular weight excluding hydrogens is 468 g/mol. The van der Waals surface area contributed by atoms with Gasteiger partial charge in [-0.25, -0.2) is 9.98 Å². The topological polar surface area (TPSA) is 43.2 Å². The van der Waals surface area contributed by atoms with Crippen LogP contribution in [0.15, 0.2) is 82.8 Å². The highest BCUT2D eigenvalue weighted by Gasteiger charge is 2.29. The van der Waals surface area contributed by atoms with Crippen LogP contribution in [0.2, 0.25) is 0 Å². The van der Waals surface area contributed by atoms with Gasteiger partial charge in [0.15, 0.2) is 0 Å². The molecule has 0 fully saturated rings. The Balaban J connectivity index is 1.61. The van der Waals surface area contributed by atoms with Crippen molar-refractivity contribution in [3.63, 3.8) is 0 Å². The second-order valence-corrected chi connectivity index (χ2v) is 11.5. The number of aliphatic imine (C=N–C) groups is 2. The minimum Gasteiger partial charge on any atom is -0.475 e. The molecule has 0 aliphatic carbocycles. The highest BCUT2D eigenvalue weighted by Crippen LogP contribution is 2.41. The van der Waals surface area contributed by atoms with Gasteiger partial charge in [-0.3, -0.25) is 0 Å². The van der Waals surface area contributed by atoms with Gasteiger partial charge in [0.1, 0.15) is 13.2 Å². The van der Waals surface area contributed by atoms with Crippen LogP contribution >= 0.6 is 0 Å². The van der Waals surface area contributed by atoms with E-state index in [2.05, 4.69) is 100 Å². The van der Waals surface area contributed by atoms with Crippen molar-refractivity contribution >= 4 is 33.3 Å². The van der Waals surface area contributed by atoms with Crippen molar-refractivity contribution in [2.45, 2.75) is 52.6 Å². The van der Waals surface area contributed by atoms with E-state index in [0.717, 1.165) is 46.9 Å². The second-order valence-electron chi connectivity index (χ2n) is 11.5. The standard InChI is InChI=1S/C34H36N2O2/c1-21(2)17-25-19-37-33(35-25)29-15-13-23-9-5-7-11-27(23)31(29)32-28-12-8-6-10-24(28)14-16-30(32)34-36-26(20-38-34)18-22(3)4/h5-16,21-22,25-26H,17-20H2,1-4H3. The van der Waals surface area contributed by atoms with Crippen molar-refractivity contribution in [2.75, 3.05) is 13.2 Å². The van der Waals surface area contributed by atoms with Crippen molar-refractivity contribution in [3.05, 3.63) is 83.9 Å². The highest BCUT2D eigenvalue weighted by atomic mass is 16.5. The van der Waals surface area contributed by atoms with Crippen LogP contribution in [0.5, 0.6) is 0 Å². The summed E-state index contributed by atoms with van der Waals surface area (Å²) in [7, 11) is 0. The van der Waals surface area contributed by atoms with Gasteiger partial charge < -0.3 is 9.47 Å². The Bertz CT molecular complexity index is 1430. The molecule has 0 radical (unpaired) electrons. The van der Waals surface area contributed by atoms with Crippen molar-refractivity contribution < 1.29 is 9.47 Å². The lowest BCUT2D eigenvalue weighted by atomic mass is 9.87. The highest BCUT2D eigenvalue weighted by molar-refractivity contribution is 6.19. The van der Waals surface area contributed by atoms with E-state index in [1.54, 1.807) is 0 Å². The Hall–Kier alpha value is -3.66. The summed E-state index contributed by atoms with van der Waals surface area (Å²) in [4.78, 5) is 10.2. The first-order valence-corrected chi connectivity index (χ1v) is 13.9. The summed E-state index contributed by atoms with van der Waals surface area (Å²) < 4.78 is 12.6. The Morgan fingerprint density at radius 3 is 1.45 bits per heavy atom. The van der Waals surface area contributed by atoms with Crippen LogP contribution in [-0.4, -0.2) is 37.1 Å². The summed E-state index contributed by atoms with van der Waals surface area (Å²) in [5.74, 6) is 2.62. The van der Waals surface area contributed by atoms with Crippen molar-refractivity contribution in [1.29, 1.82) is 0 Å². The molecule has 0 bridgehead atoms. The lowest BCUT2D eigenvalue weighted by molar-refractivity contribution is 0.301. The maximum absolute atomic E-state index is 6.29. The van der Waals surface area contributed by atoms with E-state index in [0.29, 0.717) is 25.0 Å². The molecule has 194 valence electrons. The molecule has 6 rings (SSSR count). The average Bonchev–Trinajstić information content (AvgIpc) is 3.56. The summed E-state index contributed by atoms with van der Waals surface area (Å²) in [6.07, 6.45) is 2.04. The van der Waals surface area contributed by atoms with Crippen LogP contribution in [-0.2, 0) is 9.47 Å². The minimum absolute atomic E-state index is 0.190. The van der Waals surface area contributed by atoms with E-state index >= 15 is 0 Å². The minimum atomic E-state index is 0.190. The zero-order valence-electron chi connectivity index (χ0n) is 22.8. The van der Waals surface area contributed by atoms with Crippen LogP contribution in [0.25, 0.3) is 32.7 Å². The van der Waals surface area contributed by atoms with Gasteiger partial charge in [-0.15, -0.1) is 0 Å². The predicted octanol–water partition coefficient (Wildman–Crippen LogP) is 8.04. The fraction of sp³-hybridized carbons (Fsp3) is 0.353. The number of rotatable bonds is 7. The van der Waals surface area contributed by atoms with E-state index in [1.165, 1.54) is 21.5 Å². The van der Waals surface area contributed by atoms with E-state index in [-0.39, 0.29) is 12.1 Å². The van der Waals surface area contributed by atoms with Gasteiger partial charge in [-0.2, -0.15) is 0 Å². The summed E-state index contributed by atoms with van der Waals surface area (Å²) >= 11 is 0. The molecule has 2 atom stereocenters. The molecule has 4 aromatic rings. The fourth-order valence-electron chi connectivity index (χ4n) is 5.89. The Labute approximate surface area is 225 Å². The van der Waals surface area contributed by atoms with E-state index in [9.17, 15) is 0 Å². The first-order chi connectivity index (χ1) is 18.5. The lowest BCUT2D eigenvalue weighted by Gasteiger charge is -2.19. The Morgan fingerprint density at radius 2 is 1.03 bits per heavy atom. The zero-order valence-corrected chi connectivity index (χ0v) is 22.8. The van der Waals surface area contributed by atoms with Gasteiger partial charge >= 0.3 is 0 Å². The van der Waals surface area contributed by atoms with Crippen molar-refractivity contribution in [2.24, 2.45) is 21.8 Å². The number of nitrogens with zero attached hydrogens (tertiary/aromatic N) is 2. The third-order valence-corrected chi connectivity index (χ3v) is 7.48. The van der Waals surface area contributed by atoms with Crippen LogP contribution in [0.3, 0.4) is 0 Å². The molecular formula is C34H36N2O2. The average molecular weight is 505 g/mol. The van der Waals surface area contributed by atoms with Gasteiger partial charge in [0.25, 0.3) is 0 Å². The number of fused-ring (bicyclic) bond motifs is 2. The third kappa shape index (κ3) is 4.69. The van der Waals surface area contributed by atoms with Gasteiger partial charge in [0.2, 0.25) is 11.8 Å². The van der Waals surface area contributed by atoms with E-state index < -0.39 is 0 Å². The summed E-state index contributed by atoms with van der Waals surface area (Å²) in [5.41, 5.74) is 4.34. The summed E-state index contributed by atoms with van der Waals surface area (Å²) in [6.45, 7) is 10.2. The number of hydrogen-bond acceptors (Lipinski definition) is 4. The summed E-state index contributed by atoms with van der Waals surface area (Å²) in [6, 6.07) is 26.3. The number of ether oxygens (including phenoxy) is 2. The van der Waals surface area contributed by atoms with Gasteiger partial charge in [-0.05, 0) is 58.4 Å². The molecule has 2 aliphatic rings. The van der Waals surface area contributed by atoms with E-state index in [4.69, 9.17) is 19.5 Å². The molecule has 0 saturated carbocycles. The third-order valence-electron chi connectivity index (χ3n) is 7.48. The number of benzene rings is 4. The number of hydrogen-bond donors (Lipinski definition) is 0. The van der Waals surface area contributed by atoms with Gasteiger partial charge in [0, 0.05) is 22.3 Å². The smallest absolute Gasteiger partial charge is 0.217 e. The summed E-state index contributed by atoms with van der Waals surface area (Å²) in [5, 5.41) is 4.74. The molecule has 4 aromatic carbocycles. The van der Waals surface area contributed by atoms with Crippen molar-refractivity contribution in [3.8, 4) is 11.1 Å². The molecule has 0 amide bonds. The Morgan fingerprint density at radius 1 is 0.605 bits per heavy atom. The fourth-order valence-corrected chi connectivity index (χ4v) is 5.89. The molecule has 2 unspecified atom stereocenters. The molecule has 4 heteroatoms. The molecule has 0 spiro atoms. The van der Waals surface area contributed by atoms with Crippen molar-refractivity contribution in [1.82, 2.24) is 0 Å². The lowest BCUT2D eigenvalue weighted by Crippen LogP contribution is -2.10. The molecule has 2 aliphatic heterocycles. The molecule has 0 aromatic heterocycles. The zero-order chi connectivity index (χ0) is 26.2. The van der Waals surface area contributed by atoms with Gasteiger partial charge in [0.05, 0.1) is 12.1 Å². The molecule has 0 saturated heterocycles. The first-order valence-electron chi connectivity index (χ1n) is 13.9. The monoisotopic (exact) mass is 504 g/mol. The second kappa shape index (κ2) is 10.2. The predicted molar refractivity (Wildman–Crippen MR) is 158 cm³/mol. The quantitative estimate of drug-likeness (QED) is 0.256. The maximum Gasteiger partial charge on any atom is 0.217 e. The first kappa shape index (κ1) is 24.7. The molecule has 38 heavy (non-hydrogen) atoms. The van der Waals surface area contributed by atoms with Crippen LogP contribution < -0.4 is 0 Å². The van der Waals surface area contributed by atoms with Crippen LogP contribution in [0.1, 0.15) is 51.7 Å². The normalized spacial score (nSPS) is 19.2. The SMILES string of the molecule is CC(C)CC1COC(c2ccc3ccccc3c2-c2c(C3=NC(CC(C)C)CO3)ccc3ccccc23)=N1. The largest absolute Gasteiger partial charge is 0.475 e. The maximum atomic E-state index is 6.29. The molecule has 4 nitrogen and oxygen atoms in total. The molecule has 2 heterocycles. The van der Waals surface area contributed by atoms with E-state index in [1.807, 2.05) is 0 Å². The van der Waals surface area contributed by atoms with Crippen LogP contribution in [0.4, 0.5) is 0 Å². The van der Waals surface area contributed by atoms with Crippen LogP contribution in [0, 0.1) is 11.8 Å². The van der Waals surface area contributed by atoms with Gasteiger partial charge in [-0.1, -0.05) is 88.4 Å².